The molecule has 0 aromatic carbocycles. The van der Waals surface area contributed by atoms with Crippen LogP contribution in [0.5, 0.6) is 0 Å². The predicted molar refractivity (Wildman–Crippen MR) is 48.1 cm³/mol. The van der Waals surface area contributed by atoms with E-state index < -0.39 is 0 Å². The van der Waals surface area contributed by atoms with Crippen LogP contribution >= 0.6 is 0 Å². The first-order valence-corrected chi connectivity index (χ1v) is 3.77. The lowest BCUT2D eigenvalue weighted by Gasteiger charge is -1.97. The average Bonchev–Trinajstić information content (AvgIpc) is 1.99. The maximum absolute atomic E-state index is 12.5. The van der Waals surface area contributed by atoms with E-state index >= 15 is 0 Å². The van der Waals surface area contributed by atoms with Gasteiger partial charge in [-0.2, -0.15) is 0 Å². The molecule has 0 saturated carbocycles. The second kappa shape index (κ2) is 4.89. The number of hydrogen-bond acceptors (Lipinski definition) is 0. The molecule has 62 valence electrons. The lowest BCUT2D eigenvalue weighted by atomic mass is 10.1. The van der Waals surface area contributed by atoms with E-state index in [-0.39, 0.29) is 5.83 Å². The predicted octanol–water partition coefficient (Wildman–Crippen LogP) is 3.77. The zero-order chi connectivity index (χ0) is 8.85. The Morgan fingerprint density at radius 2 is 2.00 bits per heavy atom. The summed E-state index contributed by atoms with van der Waals surface area (Å²) in [6.07, 6.45) is 4.48. The van der Waals surface area contributed by atoms with Gasteiger partial charge in [0.2, 0.25) is 0 Å². The van der Waals surface area contributed by atoms with Crippen LogP contribution in [0.3, 0.4) is 0 Å². The molecule has 11 heavy (non-hydrogen) atoms. The highest BCUT2D eigenvalue weighted by molar-refractivity contribution is 5.28. The fraction of sp³-hybridized carbons (Fsp3) is 0.400. The van der Waals surface area contributed by atoms with E-state index in [1.807, 2.05) is 13.0 Å². The molecule has 0 fully saturated rings. The average molecular weight is 154 g/mol. The van der Waals surface area contributed by atoms with Gasteiger partial charge in [0, 0.05) is 0 Å². The molecule has 0 aliphatic rings. The van der Waals surface area contributed by atoms with Gasteiger partial charge in [-0.1, -0.05) is 25.7 Å². The summed E-state index contributed by atoms with van der Waals surface area (Å²) >= 11 is 0. The van der Waals surface area contributed by atoms with Crippen molar-refractivity contribution in [2.45, 2.75) is 27.2 Å². The van der Waals surface area contributed by atoms with E-state index in [1.165, 1.54) is 6.92 Å². The smallest absolute Gasteiger partial charge is 0.0997 e. The molecular weight excluding hydrogens is 139 g/mol. The molecule has 0 amide bonds. The van der Waals surface area contributed by atoms with Crippen molar-refractivity contribution in [1.29, 1.82) is 0 Å². The van der Waals surface area contributed by atoms with Gasteiger partial charge in [0.05, 0.1) is 5.83 Å². The Kier molecular flexibility index (Phi) is 4.51. The van der Waals surface area contributed by atoms with E-state index in [9.17, 15) is 4.39 Å². The Hall–Kier alpha value is -0.850. The highest BCUT2D eigenvalue weighted by Gasteiger charge is 1.92. The van der Waals surface area contributed by atoms with Gasteiger partial charge in [-0.05, 0) is 31.4 Å². The monoisotopic (exact) mass is 154 g/mol. The van der Waals surface area contributed by atoms with E-state index in [0.29, 0.717) is 5.57 Å². The van der Waals surface area contributed by atoms with Crippen LogP contribution in [0, 0.1) is 0 Å². The first kappa shape index (κ1) is 10.2. The summed E-state index contributed by atoms with van der Waals surface area (Å²) in [5.41, 5.74) is 1.75. The van der Waals surface area contributed by atoms with Gasteiger partial charge in [-0.3, -0.25) is 0 Å². The van der Waals surface area contributed by atoms with Crippen molar-refractivity contribution in [2.24, 2.45) is 0 Å². The Balaban J connectivity index is 4.52. The van der Waals surface area contributed by atoms with Crippen LogP contribution in [0.2, 0.25) is 0 Å². The summed E-state index contributed by atoms with van der Waals surface area (Å²) in [4.78, 5) is 0. The molecule has 0 atom stereocenters. The molecule has 0 unspecified atom stereocenters. The van der Waals surface area contributed by atoms with Gasteiger partial charge in [-0.25, -0.2) is 4.39 Å². The van der Waals surface area contributed by atoms with E-state index in [4.69, 9.17) is 0 Å². The Morgan fingerprint density at radius 1 is 1.45 bits per heavy atom. The molecule has 0 aromatic rings. The lowest BCUT2D eigenvalue weighted by Crippen LogP contribution is -1.78. The molecule has 0 bridgehead atoms. The van der Waals surface area contributed by atoms with Crippen LogP contribution in [0.25, 0.3) is 0 Å². The molecule has 0 heterocycles. The molecule has 0 aliphatic heterocycles. The zero-order valence-corrected chi connectivity index (χ0v) is 7.45. The van der Waals surface area contributed by atoms with Crippen molar-refractivity contribution in [3.8, 4) is 0 Å². The van der Waals surface area contributed by atoms with Gasteiger partial charge in [0.25, 0.3) is 0 Å². The highest BCUT2D eigenvalue weighted by atomic mass is 19.1. The third kappa shape index (κ3) is 3.76. The van der Waals surface area contributed by atoms with E-state index in [2.05, 4.69) is 6.58 Å². The number of hydrogen-bond donors (Lipinski definition) is 0. The van der Waals surface area contributed by atoms with Gasteiger partial charge in [0.15, 0.2) is 0 Å². The molecule has 0 spiro atoms. The molecule has 0 nitrogen and oxygen atoms in total. The summed E-state index contributed by atoms with van der Waals surface area (Å²) in [5, 5.41) is 0. The molecule has 0 rings (SSSR count). The summed E-state index contributed by atoms with van der Waals surface area (Å²) in [6, 6.07) is 0. The normalized spacial score (nSPS) is 14.4. The molecular formula is C10H15F. The minimum Gasteiger partial charge on any atom is -0.212 e. The van der Waals surface area contributed by atoms with Crippen LogP contribution in [-0.2, 0) is 0 Å². The Morgan fingerprint density at radius 3 is 2.27 bits per heavy atom. The number of halogens is 1. The summed E-state index contributed by atoms with van der Waals surface area (Å²) in [5.74, 6) is -0.127. The van der Waals surface area contributed by atoms with Crippen molar-refractivity contribution in [2.75, 3.05) is 0 Å². The van der Waals surface area contributed by atoms with Crippen molar-refractivity contribution in [1.82, 2.24) is 0 Å². The summed E-state index contributed by atoms with van der Waals surface area (Å²) in [6.45, 7) is 8.87. The molecule has 0 aliphatic carbocycles. The third-order valence-electron chi connectivity index (χ3n) is 1.62. The topological polar surface area (TPSA) is 0 Å². The van der Waals surface area contributed by atoms with Crippen molar-refractivity contribution in [3.05, 3.63) is 35.7 Å². The van der Waals surface area contributed by atoms with Crippen molar-refractivity contribution in [3.63, 3.8) is 0 Å². The van der Waals surface area contributed by atoms with Crippen molar-refractivity contribution < 1.29 is 4.39 Å². The van der Waals surface area contributed by atoms with Crippen LogP contribution < -0.4 is 0 Å². The van der Waals surface area contributed by atoms with Gasteiger partial charge >= 0.3 is 0 Å². The standard InChI is InChI=1S/C10H15F/c1-5-10(6-2)7-8(3)9(4)11/h5,7H,1,6H2,2-4H3/b9-8+,10-7+. The zero-order valence-electron chi connectivity index (χ0n) is 7.45. The minimum absolute atomic E-state index is 0.127. The quantitative estimate of drug-likeness (QED) is 0.543. The van der Waals surface area contributed by atoms with E-state index in [1.54, 1.807) is 13.0 Å². The molecule has 0 N–H and O–H groups in total. The molecule has 0 aromatic heterocycles. The lowest BCUT2D eigenvalue weighted by molar-refractivity contribution is 0.631. The number of rotatable bonds is 3. The fourth-order valence-electron chi connectivity index (χ4n) is 0.683. The van der Waals surface area contributed by atoms with Gasteiger partial charge in [-0.15, -0.1) is 0 Å². The maximum atomic E-state index is 12.5. The largest absolute Gasteiger partial charge is 0.212 e. The van der Waals surface area contributed by atoms with Crippen LogP contribution in [0.4, 0.5) is 4.39 Å². The first-order chi connectivity index (χ1) is 5.11. The first-order valence-electron chi connectivity index (χ1n) is 3.77. The van der Waals surface area contributed by atoms with Crippen molar-refractivity contribution >= 4 is 0 Å². The minimum atomic E-state index is -0.127. The SMILES string of the molecule is C=C/C(=C\C(C)=C(/C)F)CC. The van der Waals surface area contributed by atoms with Gasteiger partial charge < -0.3 is 0 Å². The molecule has 1 heteroatoms. The Bertz CT molecular complexity index is 193. The summed E-state index contributed by atoms with van der Waals surface area (Å²) < 4.78 is 12.5. The Labute approximate surface area is 68.1 Å². The fourth-order valence-corrected chi connectivity index (χ4v) is 0.683. The van der Waals surface area contributed by atoms with Gasteiger partial charge in [0.1, 0.15) is 0 Å². The highest BCUT2D eigenvalue weighted by Crippen LogP contribution is 2.11. The third-order valence-corrected chi connectivity index (χ3v) is 1.62. The number of allylic oxidation sites excluding steroid dienone is 5. The van der Waals surface area contributed by atoms with Crippen LogP contribution in [0.1, 0.15) is 27.2 Å². The second-order valence-electron chi connectivity index (χ2n) is 2.49. The second-order valence-corrected chi connectivity index (χ2v) is 2.49. The maximum Gasteiger partial charge on any atom is 0.0997 e. The van der Waals surface area contributed by atoms with Crippen LogP contribution in [-0.4, -0.2) is 0 Å². The summed E-state index contributed by atoms with van der Waals surface area (Å²) in [7, 11) is 0. The molecule has 0 saturated heterocycles. The van der Waals surface area contributed by atoms with Crippen LogP contribution in [0.15, 0.2) is 35.7 Å². The van der Waals surface area contributed by atoms with E-state index in [0.717, 1.165) is 12.0 Å². The molecule has 0 radical (unpaired) electrons.